The van der Waals surface area contributed by atoms with E-state index in [-0.39, 0.29) is 15.7 Å². The van der Waals surface area contributed by atoms with Crippen LogP contribution in [0.4, 0.5) is 33.5 Å². The Morgan fingerprint density at radius 2 is 1.65 bits per heavy atom. The molecule has 11 heteroatoms. The zero-order valence-corrected chi connectivity index (χ0v) is 18.5. The van der Waals surface area contributed by atoms with Crippen LogP contribution in [-0.2, 0) is 0 Å². The first-order valence-corrected chi connectivity index (χ1v) is 9.69. The Bertz CT molecular complexity index is 1070. The molecule has 0 aliphatic heterocycles. The summed E-state index contributed by atoms with van der Waals surface area (Å²) < 4.78 is 10.4. The predicted octanol–water partition coefficient (Wildman–Crippen LogP) is 4.79. The first kappa shape index (κ1) is 22.3. The van der Waals surface area contributed by atoms with E-state index in [1.165, 1.54) is 31.5 Å². The highest BCUT2D eigenvalue weighted by atomic mass is 35.5. The van der Waals surface area contributed by atoms with Gasteiger partial charge in [-0.1, -0.05) is 23.2 Å². The average molecular weight is 463 g/mol. The number of amides is 2. The molecular formula is C20H20Cl2N6O3. The number of rotatable bonds is 6. The van der Waals surface area contributed by atoms with Crippen LogP contribution >= 0.6 is 23.2 Å². The number of carbonyl (C=O) groups excluding carboxylic acids is 1. The van der Waals surface area contributed by atoms with E-state index >= 15 is 0 Å². The zero-order chi connectivity index (χ0) is 22.5. The lowest BCUT2D eigenvalue weighted by Gasteiger charge is -2.20. The summed E-state index contributed by atoms with van der Waals surface area (Å²) in [5, 5.41) is 6.08. The van der Waals surface area contributed by atoms with Crippen molar-refractivity contribution in [2.45, 2.75) is 0 Å². The fourth-order valence-corrected chi connectivity index (χ4v) is 3.20. The first-order valence-electron chi connectivity index (χ1n) is 8.93. The minimum Gasteiger partial charge on any atom is -0.495 e. The van der Waals surface area contributed by atoms with E-state index < -0.39 is 6.03 Å². The second kappa shape index (κ2) is 9.59. The largest absolute Gasteiger partial charge is 0.495 e. The molecule has 0 aliphatic carbocycles. The lowest BCUT2D eigenvalue weighted by atomic mass is 10.2. The van der Waals surface area contributed by atoms with E-state index in [1.807, 2.05) is 12.1 Å². The molecule has 1 heterocycles. The number of nitrogens with zero attached hydrogens (tertiary/aromatic N) is 3. The van der Waals surface area contributed by atoms with Crippen molar-refractivity contribution in [1.82, 2.24) is 9.97 Å². The maximum absolute atomic E-state index is 12.8. The maximum atomic E-state index is 12.8. The summed E-state index contributed by atoms with van der Waals surface area (Å²) in [5.41, 5.74) is 7.29. The van der Waals surface area contributed by atoms with Gasteiger partial charge in [0, 0.05) is 30.6 Å². The number of ether oxygens (including phenoxy) is 2. The van der Waals surface area contributed by atoms with Crippen molar-refractivity contribution in [2.24, 2.45) is 0 Å². The fourth-order valence-electron chi connectivity index (χ4n) is 2.60. The minimum atomic E-state index is -0.531. The van der Waals surface area contributed by atoms with Gasteiger partial charge in [-0.2, -0.15) is 0 Å². The summed E-state index contributed by atoms with van der Waals surface area (Å²) in [6, 6.07) is 9.77. The third kappa shape index (κ3) is 5.01. The molecule has 0 spiro atoms. The Balaban J connectivity index is 1.81. The second-order valence-corrected chi connectivity index (χ2v) is 7.04. The van der Waals surface area contributed by atoms with Gasteiger partial charge in [-0.25, -0.2) is 14.8 Å². The lowest BCUT2D eigenvalue weighted by Crippen LogP contribution is -2.32. The Morgan fingerprint density at radius 1 is 1.03 bits per heavy atom. The van der Waals surface area contributed by atoms with Crippen LogP contribution in [0, 0.1) is 0 Å². The van der Waals surface area contributed by atoms with Gasteiger partial charge in [0.2, 0.25) is 0 Å². The maximum Gasteiger partial charge on any atom is 0.327 e. The number of urea groups is 1. The normalized spacial score (nSPS) is 10.4. The number of nitrogen functional groups attached to an aromatic ring is 1. The van der Waals surface area contributed by atoms with E-state index in [0.29, 0.717) is 28.8 Å². The highest BCUT2D eigenvalue weighted by molar-refractivity contribution is 6.41. The highest BCUT2D eigenvalue weighted by Gasteiger charge is 2.21. The van der Waals surface area contributed by atoms with Gasteiger partial charge in [0.15, 0.2) is 0 Å². The SMILES string of the molecule is COc1cc(OC)c(Cl)c(NC(=O)N(C)c2cc(Nc3ccc(N)cc3)ncn2)c1Cl. The minimum absolute atomic E-state index is 0.142. The Labute approximate surface area is 189 Å². The first-order chi connectivity index (χ1) is 14.8. The van der Waals surface area contributed by atoms with Gasteiger partial charge in [-0.3, -0.25) is 4.90 Å². The summed E-state index contributed by atoms with van der Waals surface area (Å²) in [6.45, 7) is 0. The monoisotopic (exact) mass is 462 g/mol. The molecule has 0 saturated heterocycles. The van der Waals surface area contributed by atoms with E-state index in [0.717, 1.165) is 5.69 Å². The van der Waals surface area contributed by atoms with Gasteiger partial charge >= 0.3 is 6.03 Å². The van der Waals surface area contributed by atoms with Crippen LogP contribution < -0.4 is 30.7 Å². The van der Waals surface area contributed by atoms with Crippen LogP contribution in [0.5, 0.6) is 11.5 Å². The van der Waals surface area contributed by atoms with Crippen molar-refractivity contribution in [2.75, 3.05) is 42.5 Å². The average Bonchev–Trinajstić information content (AvgIpc) is 2.78. The van der Waals surface area contributed by atoms with Gasteiger partial charge in [0.25, 0.3) is 0 Å². The number of methoxy groups -OCH3 is 2. The third-order valence-corrected chi connectivity index (χ3v) is 5.04. The number of hydrogen-bond donors (Lipinski definition) is 3. The number of hydrogen-bond acceptors (Lipinski definition) is 7. The van der Waals surface area contributed by atoms with E-state index in [1.54, 1.807) is 25.2 Å². The van der Waals surface area contributed by atoms with Crippen molar-refractivity contribution >= 4 is 57.9 Å². The van der Waals surface area contributed by atoms with Gasteiger partial charge < -0.3 is 25.8 Å². The molecule has 0 atom stereocenters. The van der Waals surface area contributed by atoms with Gasteiger partial charge in [-0.15, -0.1) is 0 Å². The van der Waals surface area contributed by atoms with Crippen LogP contribution in [-0.4, -0.2) is 37.3 Å². The van der Waals surface area contributed by atoms with E-state index in [2.05, 4.69) is 20.6 Å². The molecule has 0 aliphatic rings. The smallest absolute Gasteiger partial charge is 0.327 e. The van der Waals surface area contributed by atoms with Gasteiger partial charge in [0.05, 0.1) is 19.9 Å². The molecule has 0 unspecified atom stereocenters. The van der Waals surface area contributed by atoms with Crippen LogP contribution in [0.25, 0.3) is 0 Å². The van der Waals surface area contributed by atoms with Crippen molar-refractivity contribution in [1.29, 1.82) is 0 Å². The standard InChI is InChI=1S/C20H20Cl2N6O3/c1-28(16-9-15(24-10-25-16)26-12-6-4-11(23)5-7-12)20(29)27-19-17(21)13(30-2)8-14(31-3)18(19)22/h4-10H,23H2,1-3H3,(H,27,29)(H,24,25,26). The number of halogens is 2. The lowest BCUT2D eigenvalue weighted by molar-refractivity contribution is 0.258. The van der Waals surface area contributed by atoms with Crippen LogP contribution in [0.2, 0.25) is 10.0 Å². The molecule has 4 N–H and O–H groups in total. The summed E-state index contributed by atoms with van der Waals surface area (Å²) in [4.78, 5) is 22.4. The molecule has 2 aromatic carbocycles. The molecule has 162 valence electrons. The number of aromatic nitrogens is 2. The quantitative estimate of drug-likeness (QED) is 0.450. The van der Waals surface area contributed by atoms with Crippen molar-refractivity contribution < 1.29 is 14.3 Å². The molecule has 2 amide bonds. The summed E-state index contributed by atoms with van der Waals surface area (Å²) in [5.74, 6) is 1.44. The molecule has 31 heavy (non-hydrogen) atoms. The molecule has 0 saturated carbocycles. The number of anilines is 5. The molecule has 9 nitrogen and oxygen atoms in total. The number of nitrogens with two attached hydrogens (primary N) is 1. The molecule has 1 aromatic heterocycles. The Hall–Kier alpha value is -3.43. The van der Waals surface area contributed by atoms with Crippen LogP contribution in [0.1, 0.15) is 0 Å². The fraction of sp³-hybridized carbons (Fsp3) is 0.150. The summed E-state index contributed by atoms with van der Waals surface area (Å²) in [6.07, 6.45) is 1.34. The van der Waals surface area contributed by atoms with Gasteiger partial charge in [0.1, 0.15) is 39.5 Å². The highest BCUT2D eigenvalue weighted by Crippen LogP contribution is 2.44. The molecule has 0 bridgehead atoms. The Morgan fingerprint density at radius 3 is 2.23 bits per heavy atom. The van der Waals surface area contributed by atoms with Crippen molar-refractivity contribution in [3.8, 4) is 11.5 Å². The number of nitrogens with one attached hydrogen (secondary N) is 2. The predicted molar refractivity (Wildman–Crippen MR) is 123 cm³/mol. The van der Waals surface area contributed by atoms with Crippen molar-refractivity contribution in [3.63, 3.8) is 0 Å². The molecule has 3 rings (SSSR count). The van der Waals surface area contributed by atoms with Crippen molar-refractivity contribution in [3.05, 3.63) is 52.8 Å². The Kier molecular flexibility index (Phi) is 6.88. The number of benzene rings is 2. The third-order valence-electron chi connectivity index (χ3n) is 4.29. The molecule has 0 radical (unpaired) electrons. The van der Waals surface area contributed by atoms with E-state index in [4.69, 9.17) is 38.4 Å². The van der Waals surface area contributed by atoms with Crippen LogP contribution in [0.15, 0.2) is 42.7 Å². The van der Waals surface area contributed by atoms with Crippen LogP contribution in [0.3, 0.4) is 0 Å². The molecule has 3 aromatic rings. The summed E-state index contributed by atoms with van der Waals surface area (Å²) >= 11 is 12.6. The van der Waals surface area contributed by atoms with Gasteiger partial charge in [-0.05, 0) is 24.3 Å². The zero-order valence-electron chi connectivity index (χ0n) is 16.9. The topological polar surface area (TPSA) is 115 Å². The second-order valence-electron chi connectivity index (χ2n) is 6.28. The number of carbonyl (C=O) groups is 1. The molecular weight excluding hydrogens is 443 g/mol. The van der Waals surface area contributed by atoms with E-state index in [9.17, 15) is 4.79 Å². The molecule has 0 fully saturated rings. The summed E-state index contributed by atoms with van der Waals surface area (Å²) in [7, 11) is 4.44.